The van der Waals surface area contributed by atoms with Gasteiger partial charge in [-0.15, -0.1) is 0 Å². The minimum absolute atomic E-state index is 0. The molecule has 0 aromatic heterocycles. The first-order valence-electron chi connectivity index (χ1n) is 15.3. The van der Waals surface area contributed by atoms with Crippen LogP contribution in [-0.4, -0.2) is 11.9 Å². The Labute approximate surface area is 322 Å². The van der Waals surface area contributed by atoms with Gasteiger partial charge in [-0.25, -0.2) is 0 Å². The average Bonchev–Trinajstić information content (AvgIpc) is 3.12. The third kappa shape index (κ3) is 17.9. The minimum Gasteiger partial charge on any atom is -0.0622 e. The quantitative estimate of drug-likeness (QED) is 0.162. The first kappa shape index (κ1) is 44.5. The van der Waals surface area contributed by atoms with Gasteiger partial charge < -0.3 is 19.8 Å². The Balaban J connectivity index is 0.000000382. The van der Waals surface area contributed by atoms with Crippen molar-refractivity contribution in [2.45, 2.75) is 24.6 Å². The van der Waals surface area contributed by atoms with E-state index in [9.17, 15) is 0 Å². The Hall–Kier alpha value is -3.56. The number of rotatable bonds is 6. The van der Waals surface area contributed by atoms with Crippen LogP contribution in [0.2, 0.25) is 10.8 Å². The van der Waals surface area contributed by atoms with Crippen molar-refractivity contribution in [3.63, 3.8) is 0 Å². The normalized spacial score (nSPS) is 9.48. The van der Waals surface area contributed by atoms with Crippen LogP contribution in [0.1, 0.15) is 13.8 Å². The van der Waals surface area contributed by atoms with Gasteiger partial charge in [-0.2, -0.15) is 0 Å². The third-order valence-electron chi connectivity index (χ3n) is 6.09. The van der Waals surface area contributed by atoms with Crippen LogP contribution in [0.25, 0.3) is 0 Å². The molecule has 0 fully saturated rings. The third-order valence-corrected chi connectivity index (χ3v) is 11.0. The van der Waals surface area contributed by atoms with Gasteiger partial charge in [0.05, 0.1) is 0 Å². The molecule has 6 rings (SSSR count). The standard InChI is InChI=1S/2C18H15P.2C2H4O2.2CH3.2Pd/c2*1-4-10-16(11-5-1)19(17-12-6-2-7-13-17)18-14-8-3-9-15-18;2*1-2(3)4;;;;/h2*1-15H;2*1H3,(H,3,4);2*1H3;;/q;;;;;;;+2/p-2. The van der Waals surface area contributed by atoms with Gasteiger partial charge in [-0.05, 0) is 61.5 Å². The number of carboxylic acid groups (broad SMARTS) is 2. The second-order valence-electron chi connectivity index (χ2n) is 9.98. The molecule has 264 valence electrons. The van der Waals surface area contributed by atoms with Crippen molar-refractivity contribution in [2.75, 3.05) is 0 Å². The first-order chi connectivity index (χ1) is 23.8. The maximum atomic E-state index is 8.89. The molecule has 0 saturated carbocycles. The fourth-order valence-corrected chi connectivity index (χ4v) is 8.97. The van der Waals surface area contributed by atoms with Gasteiger partial charge in [0.25, 0.3) is 0 Å². The molecule has 0 aliphatic carbocycles. The van der Waals surface area contributed by atoms with E-state index in [1.807, 2.05) is 0 Å². The van der Waals surface area contributed by atoms with Crippen LogP contribution < -0.4 is 42.0 Å². The molecule has 6 aromatic carbocycles. The van der Waals surface area contributed by atoms with Gasteiger partial charge in [0.15, 0.2) is 0 Å². The molecular weight excluding hydrogens is 843 g/mol. The van der Waals surface area contributed by atoms with Crippen LogP contribution in [0.5, 0.6) is 0 Å². The van der Waals surface area contributed by atoms with E-state index in [1.165, 1.54) is 31.8 Å². The van der Waals surface area contributed by atoms with Gasteiger partial charge in [-0.3, -0.25) is 0 Å². The summed E-state index contributed by atoms with van der Waals surface area (Å²) < 4.78 is 0. The number of carbonyl (C=O) groups is 2. The molecule has 50 heavy (non-hydrogen) atoms. The summed E-state index contributed by atoms with van der Waals surface area (Å²) in [5.74, 6) is -2.17. The van der Waals surface area contributed by atoms with Crippen molar-refractivity contribution >= 4 is 59.6 Å². The Bertz CT molecular complexity index is 1390. The Morgan fingerprint density at radius 3 is 0.580 bits per heavy atom. The Kier molecular flexibility index (Phi) is 24.2. The molecule has 0 bridgehead atoms. The van der Waals surface area contributed by atoms with Gasteiger partial charge >= 0.3 is 49.2 Å². The van der Waals surface area contributed by atoms with E-state index < -0.39 is 27.8 Å². The SMILES string of the molecule is CC(=O)[O-].CC(=O)[O-].[CH3][Pd][CH3].[Pd+2].c1ccc(P(c2ccccc2)c2ccccc2)cc1.c1ccc(P(c2ccccc2)c2ccccc2)cc1. The number of carboxylic acids is 2. The number of benzene rings is 6. The predicted octanol–water partition coefficient (Wildman–Crippen LogP) is 5.56. The van der Waals surface area contributed by atoms with Crippen molar-refractivity contribution in [3.05, 3.63) is 182 Å². The fraction of sp³-hybridized carbons (Fsp3) is 0.0952. The summed E-state index contributed by atoms with van der Waals surface area (Å²) in [6, 6.07) is 64.7. The molecule has 0 atom stereocenters. The molecule has 0 aliphatic rings. The molecule has 8 heteroatoms. The van der Waals surface area contributed by atoms with Crippen LogP contribution in [0.15, 0.2) is 182 Å². The summed E-state index contributed by atoms with van der Waals surface area (Å²) in [5, 5.41) is 30.5. The van der Waals surface area contributed by atoms with Crippen LogP contribution in [0.3, 0.4) is 0 Å². The maximum absolute atomic E-state index is 8.89. The molecule has 0 radical (unpaired) electrons. The minimum atomic E-state index is -1.08. The van der Waals surface area contributed by atoms with Crippen LogP contribution in [0.4, 0.5) is 0 Å². The van der Waals surface area contributed by atoms with Gasteiger partial charge in [0.1, 0.15) is 0 Å². The first-order valence-corrected chi connectivity index (χ1v) is 21.0. The number of hydrogen-bond acceptors (Lipinski definition) is 4. The van der Waals surface area contributed by atoms with E-state index >= 15 is 0 Å². The van der Waals surface area contributed by atoms with E-state index in [0.29, 0.717) is 0 Å². The zero-order valence-electron chi connectivity index (χ0n) is 28.5. The van der Waals surface area contributed by atoms with Crippen molar-refractivity contribution in [1.82, 2.24) is 0 Å². The van der Waals surface area contributed by atoms with Crippen LogP contribution in [0, 0.1) is 0 Å². The zero-order valence-corrected chi connectivity index (χ0v) is 33.4. The van der Waals surface area contributed by atoms with Gasteiger partial charge in [0, 0.05) is 11.9 Å². The predicted molar refractivity (Wildman–Crippen MR) is 203 cm³/mol. The molecule has 0 heterocycles. The second-order valence-corrected chi connectivity index (χ2v) is 16.0. The fourth-order valence-electron chi connectivity index (χ4n) is 4.36. The monoisotopic (exact) mass is 884 g/mol. The van der Waals surface area contributed by atoms with E-state index in [-0.39, 0.29) is 20.4 Å². The average molecular weight is 886 g/mol. The summed E-state index contributed by atoms with van der Waals surface area (Å²) in [7, 11) is -0.892. The van der Waals surface area contributed by atoms with E-state index in [0.717, 1.165) is 31.8 Å². The van der Waals surface area contributed by atoms with Crippen molar-refractivity contribution in [1.29, 1.82) is 0 Å². The van der Waals surface area contributed by atoms with Crippen molar-refractivity contribution in [3.8, 4) is 0 Å². The molecule has 0 amide bonds. The topological polar surface area (TPSA) is 80.3 Å². The summed E-state index contributed by atoms with van der Waals surface area (Å²) in [6.07, 6.45) is 0. The molecule has 0 unspecified atom stereocenters. The van der Waals surface area contributed by atoms with E-state index in [1.54, 1.807) is 0 Å². The van der Waals surface area contributed by atoms with Crippen LogP contribution in [-0.2, 0) is 48.0 Å². The number of hydrogen-bond donors (Lipinski definition) is 0. The number of aliphatic carboxylic acids is 2. The van der Waals surface area contributed by atoms with Crippen molar-refractivity contribution < 1.29 is 58.2 Å². The summed E-state index contributed by atoms with van der Waals surface area (Å²) >= 11 is 0.950. The molecule has 0 aliphatic heterocycles. The largest absolute Gasteiger partial charge is 2.00 e. The zero-order chi connectivity index (χ0) is 35.7. The maximum Gasteiger partial charge on any atom is 2.00 e. The van der Waals surface area contributed by atoms with E-state index in [4.69, 9.17) is 19.8 Å². The molecule has 4 nitrogen and oxygen atoms in total. The molecule has 0 spiro atoms. The van der Waals surface area contributed by atoms with Gasteiger partial charge in [-0.1, -0.05) is 182 Å². The molecular formula is C42H42O4P2Pd2. The molecule has 0 N–H and O–H groups in total. The Morgan fingerprint density at radius 2 is 0.480 bits per heavy atom. The summed E-state index contributed by atoms with van der Waals surface area (Å²) in [4.78, 5) is 17.8. The van der Waals surface area contributed by atoms with E-state index in [2.05, 4.69) is 193 Å². The summed E-state index contributed by atoms with van der Waals surface area (Å²) in [5.41, 5.74) is 0. The van der Waals surface area contributed by atoms with Gasteiger partial charge in [0.2, 0.25) is 0 Å². The Morgan fingerprint density at radius 1 is 0.380 bits per heavy atom. The molecule has 0 saturated heterocycles. The second kappa shape index (κ2) is 27.2. The summed E-state index contributed by atoms with van der Waals surface area (Å²) in [6.45, 7) is 1.94. The van der Waals surface area contributed by atoms with Crippen LogP contribution >= 0.6 is 15.8 Å². The van der Waals surface area contributed by atoms with Crippen molar-refractivity contribution in [2.24, 2.45) is 0 Å². The number of carbonyl (C=O) groups excluding carboxylic acids is 2. The molecule has 6 aromatic rings. The smallest absolute Gasteiger partial charge is 0.0622 e.